The smallest absolute Gasteiger partial charge is 0.326 e. The summed E-state index contributed by atoms with van der Waals surface area (Å²) in [6.07, 6.45) is 2.24. The van der Waals surface area contributed by atoms with E-state index in [1.165, 1.54) is 35.2 Å². The third-order valence-corrected chi connectivity index (χ3v) is 4.68. The number of hydrogen-bond donors (Lipinski definition) is 2. The predicted molar refractivity (Wildman–Crippen MR) is 83.7 cm³/mol. The van der Waals surface area contributed by atoms with Gasteiger partial charge in [-0.25, -0.2) is 9.18 Å². The summed E-state index contributed by atoms with van der Waals surface area (Å²) in [6.45, 7) is 0. The molecule has 0 aliphatic heterocycles. The van der Waals surface area contributed by atoms with Gasteiger partial charge in [0.25, 0.3) is 5.91 Å². The Hall–Kier alpha value is -1.60. The second-order valence-electron chi connectivity index (χ2n) is 4.44. The van der Waals surface area contributed by atoms with E-state index in [4.69, 9.17) is 5.11 Å². The average Bonchev–Trinajstić information content (AvgIpc) is 2.85. The number of halogens is 1. The molecule has 1 atom stereocenters. The summed E-state index contributed by atoms with van der Waals surface area (Å²) in [7, 11) is 0. The number of carboxylic acids is 1. The summed E-state index contributed by atoms with van der Waals surface area (Å²) in [4.78, 5) is 23.6. The highest BCUT2D eigenvalue weighted by molar-refractivity contribution is 7.98. The number of fused-ring (bicyclic) bond motifs is 1. The van der Waals surface area contributed by atoms with E-state index in [0.717, 1.165) is 4.70 Å². The Balaban J connectivity index is 2.15. The van der Waals surface area contributed by atoms with Crippen LogP contribution >= 0.6 is 23.1 Å². The molecular formula is C14H14FNO3S2. The molecule has 0 aliphatic rings. The topological polar surface area (TPSA) is 66.4 Å². The van der Waals surface area contributed by atoms with Gasteiger partial charge in [-0.1, -0.05) is 0 Å². The van der Waals surface area contributed by atoms with E-state index in [0.29, 0.717) is 22.4 Å². The molecule has 1 aromatic carbocycles. The minimum atomic E-state index is -1.05. The van der Waals surface area contributed by atoms with Gasteiger partial charge in [-0.15, -0.1) is 11.3 Å². The number of benzene rings is 1. The van der Waals surface area contributed by atoms with Crippen LogP contribution in [0.2, 0.25) is 0 Å². The van der Waals surface area contributed by atoms with Gasteiger partial charge in [-0.3, -0.25) is 4.79 Å². The molecule has 0 saturated carbocycles. The van der Waals surface area contributed by atoms with Crippen molar-refractivity contribution in [1.82, 2.24) is 5.32 Å². The van der Waals surface area contributed by atoms with E-state index >= 15 is 0 Å². The first-order valence-corrected chi connectivity index (χ1v) is 8.44. The summed E-state index contributed by atoms with van der Waals surface area (Å²) < 4.78 is 13.9. The van der Waals surface area contributed by atoms with Crippen molar-refractivity contribution >= 4 is 45.1 Å². The lowest BCUT2D eigenvalue weighted by Gasteiger charge is -2.12. The Morgan fingerprint density at radius 3 is 2.86 bits per heavy atom. The molecule has 1 heterocycles. The van der Waals surface area contributed by atoms with E-state index in [2.05, 4.69) is 5.32 Å². The van der Waals surface area contributed by atoms with Gasteiger partial charge in [0.1, 0.15) is 11.9 Å². The highest BCUT2D eigenvalue weighted by Gasteiger charge is 2.21. The molecule has 0 spiro atoms. The van der Waals surface area contributed by atoms with Gasteiger partial charge in [-0.05, 0) is 48.1 Å². The molecule has 1 aromatic heterocycles. The van der Waals surface area contributed by atoms with Crippen molar-refractivity contribution in [1.29, 1.82) is 0 Å². The highest BCUT2D eigenvalue weighted by atomic mass is 32.2. The van der Waals surface area contributed by atoms with Crippen molar-refractivity contribution in [3.8, 4) is 0 Å². The fourth-order valence-electron chi connectivity index (χ4n) is 1.85. The van der Waals surface area contributed by atoms with Crippen LogP contribution in [0.5, 0.6) is 0 Å². The number of amides is 1. The Labute approximate surface area is 129 Å². The Kier molecular flexibility index (Phi) is 5.19. The molecule has 0 fully saturated rings. The van der Waals surface area contributed by atoms with Gasteiger partial charge in [0.2, 0.25) is 0 Å². The van der Waals surface area contributed by atoms with Crippen LogP contribution in [0.25, 0.3) is 10.1 Å². The predicted octanol–water partition coefficient (Wildman–Crippen LogP) is 2.98. The van der Waals surface area contributed by atoms with Crippen LogP contribution in [0.1, 0.15) is 16.1 Å². The van der Waals surface area contributed by atoms with E-state index in [-0.39, 0.29) is 5.82 Å². The van der Waals surface area contributed by atoms with E-state index in [9.17, 15) is 14.0 Å². The number of nitrogens with one attached hydrogen (secondary N) is 1. The number of thioether (sulfide) groups is 1. The molecule has 21 heavy (non-hydrogen) atoms. The molecule has 4 nitrogen and oxygen atoms in total. The lowest BCUT2D eigenvalue weighted by Crippen LogP contribution is -2.40. The van der Waals surface area contributed by atoms with Gasteiger partial charge >= 0.3 is 5.97 Å². The summed E-state index contributed by atoms with van der Waals surface area (Å²) in [5.41, 5.74) is 0. The largest absolute Gasteiger partial charge is 0.480 e. The van der Waals surface area contributed by atoms with Crippen molar-refractivity contribution in [2.75, 3.05) is 12.0 Å². The van der Waals surface area contributed by atoms with Crippen LogP contribution < -0.4 is 5.32 Å². The molecular weight excluding hydrogens is 313 g/mol. The van der Waals surface area contributed by atoms with Gasteiger partial charge in [-0.2, -0.15) is 11.8 Å². The molecule has 1 amide bonds. The first-order valence-electron chi connectivity index (χ1n) is 6.23. The lowest BCUT2D eigenvalue weighted by molar-refractivity contribution is -0.139. The first kappa shape index (κ1) is 15.8. The maximum absolute atomic E-state index is 13.1. The average molecular weight is 327 g/mol. The zero-order valence-corrected chi connectivity index (χ0v) is 12.9. The molecule has 112 valence electrons. The Morgan fingerprint density at radius 2 is 2.19 bits per heavy atom. The van der Waals surface area contributed by atoms with Crippen LogP contribution in [-0.4, -0.2) is 35.0 Å². The molecule has 0 aliphatic carbocycles. The quantitative estimate of drug-likeness (QED) is 0.856. The maximum Gasteiger partial charge on any atom is 0.326 e. The molecule has 0 unspecified atom stereocenters. The fourth-order valence-corrected chi connectivity index (χ4v) is 3.27. The lowest BCUT2D eigenvalue weighted by atomic mass is 10.2. The molecule has 2 aromatic rings. The van der Waals surface area contributed by atoms with Crippen molar-refractivity contribution < 1.29 is 19.1 Å². The number of hydrogen-bond acceptors (Lipinski definition) is 4. The van der Waals surface area contributed by atoms with Gasteiger partial charge < -0.3 is 10.4 Å². The summed E-state index contributed by atoms with van der Waals surface area (Å²) in [5, 5.41) is 12.2. The molecule has 0 bridgehead atoms. The molecule has 0 radical (unpaired) electrons. The molecule has 7 heteroatoms. The number of rotatable bonds is 6. The normalized spacial score (nSPS) is 12.3. The Bertz CT molecular complexity index is 671. The van der Waals surface area contributed by atoms with E-state index in [1.807, 2.05) is 6.26 Å². The van der Waals surface area contributed by atoms with Gasteiger partial charge in [0, 0.05) is 4.70 Å². The van der Waals surface area contributed by atoms with Crippen molar-refractivity contribution in [3.05, 3.63) is 35.0 Å². The summed E-state index contributed by atoms with van der Waals surface area (Å²) in [6, 6.07) is 4.96. The van der Waals surface area contributed by atoms with Gasteiger partial charge in [0.15, 0.2) is 0 Å². The summed E-state index contributed by atoms with van der Waals surface area (Å²) in [5.74, 6) is -1.21. The fraction of sp³-hybridized carbons (Fsp3) is 0.286. The SMILES string of the molecule is CSCC[C@@H](NC(=O)c1cc2cc(F)ccc2s1)C(=O)O. The number of carboxylic acid groups (broad SMARTS) is 1. The number of aliphatic carboxylic acids is 1. The van der Waals surface area contributed by atoms with Gasteiger partial charge in [0.05, 0.1) is 4.88 Å². The minimum Gasteiger partial charge on any atom is -0.480 e. The molecule has 2 N–H and O–H groups in total. The van der Waals surface area contributed by atoms with Crippen LogP contribution in [0.15, 0.2) is 24.3 Å². The zero-order chi connectivity index (χ0) is 15.4. The van der Waals surface area contributed by atoms with E-state index in [1.54, 1.807) is 12.1 Å². The molecule has 2 rings (SSSR count). The zero-order valence-electron chi connectivity index (χ0n) is 11.3. The standard InChI is InChI=1S/C14H14FNO3S2/c1-20-5-4-10(14(18)19)16-13(17)12-7-8-6-9(15)2-3-11(8)21-12/h2-3,6-7,10H,4-5H2,1H3,(H,16,17)(H,18,19)/t10-/m1/s1. The second kappa shape index (κ2) is 6.91. The van der Waals surface area contributed by atoms with Crippen molar-refractivity contribution in [2.24, 2.45) is 0 Å². The number of thiophene rings is 1. The van der Waals surface area contributed by atoms with E-state index < -0.39 is 17.9 Å². The first-order chi connectivity index (χ1) is 10.0. The third-order valence-electron chi connectivity index (χ3n) is 2.92. The van der Waals surface area contributed by atoms with Crippen LogP contribution in [-0.2, 0) is 4.79 Å². The van der Waals surface area contributed by atoms with Crippen molar-refractivity contribution in [2.45, 2.75) is 12.5 Å². The van der Waals surface area contributed by atoms with Crippen molar-refractivity contribution in [3.63, 3.8) is 0 Å². The van der Waals surface area contributed by atoms with Crippen LogP contribution in [0, 0.1) is 5.82 Å². The number of carbonyl (C=O) groups is 2. The summed E-state index contributed by atoms with van der Waals surface area (Å²) >= 11 is 2.74. The Morgan fingerprint density at radius 1 is 1.43 bits per heavy atom. The highest BCUT2D eigenvalue weighted by Crippen LogP contribution is 2.26. The second-order valence-corrected chi connectivity index (χ2v) is 6.51. The monoisotopic (exact) mass is 327 g/mol. The minimum absolute atomic E-state index is 0.363. The van der Waals surface area contributed by atoms with Crippen LogP contribution in [0.4, 0.5) is 4.39 Å². The third kappa shape index (κ3) is 3.95. The number of carbonyl (C=O) groups excluding carboxylic acids is 1. The van der Waals surface area contributed by atoms with Crippen LogP contribution in [0.3, 0.4) is 0 Å². The maximum atomic E-state index is 13.1. The molecule has 0 saturated heterocycles.